The number of hydrogen-bond donors (Lipinski definition) is 1. The number of thiophene rings is 2. The van der Waals surface area contributed by atoms with Crippen LogP contribution in [0, 0.1) is 5.92 Å². The average molecular weight is 729 g/mol. The summed E-state index contributed by atoms with van der Waals surface area (Å²) in [6.07, 6.45) is 1.77. The van der Waals surface area contributed by atoms with Crippen molar-refractivity contribution in [1.29, 1.82) is 0 Å². The molecule has 4 aromatic heterocycles. The fourth-order valence-corrected chi connectivity index (χ4v) is 7.02. The maximum Gasteiger partial charge on any atom is 0.308 e. The number of sulfonamides is 1. The second-order valence-corrected chi connectivity index (χ2v) is 16.3. The molecule has 1 aromatic carbocycles. The van der Waals surface area contributed by atoms with Gasteiger partial charge in [0.05, 0.1) is 38.5 Å². The number of esters is 1. The van der Waals surface area contributed by atoms with E-state index in [9.17, 15) is 13.2 Å². The second kappa shape index (κ2) is 19.5. The van der Waals surface area contributed by atoms with Gasteiger partial charge in [0.25, 0.3) is 0 Å². The Balaban J connectivity index is 0.000000378. The Hall–Kier alpha value is -3.71. The number of pyridine rings is 1. The zero-order valence-electron chi connectivity index (χ0n) is 28.3. The van der Waals surface area contributed by atoms with Crippen molar-refractivity contribution in [3.63, 3.8) is 0 Å². The van der Waals surface area contributed by atoms with Crippen LogP contribution in [0.15, 0.2) is 82.5 Å². The summed E-state index contributed by atoms with van der Waals surface area (Å²) >= 11 is 2.87. The summed E-state index contributed by atoms with van der Waals surface area (Å²) < 4.78 is 37.7. The Labute approximate surface area is 301 Å². The number of para-hydroxylation sites is 2. The highest BCUT2D eigenvalue weighted by Crippen LogP contribution is 2.32. The van der Waals surface area contributed by atoms with Crippen molar-refractivity contribution in [1.82, 2.24) is 19.7 Å². The molecule has 4 heterocycles. The molecule has 5 rings (SSSR count). The van der Waals surface area contributed by atoms with Crippen LogP contribution in [-0.2, 0) is 19.6 Å². The van der Waals surface area contributed by atoms with Crippen LogP contribution in [0.5, 0.6) is 5.88 Å². The van der Waals surface area contributed by atoms with Crippen molar-refractivity contribution in [2.75, 3.05) is 0 Å². The van der Waals surface area contributed by atoms with E-state index in [0.29, 0.717) is 10.1 Å². The largest absolute Gasteiger partial charge is 0.473 e. The number of carbonyl (C=O) groups excluding carboxylic acids is 1. The van der Waals surface area contributed by atoms with E-state index in [4.69, 9.17) is 14.5 Å². The summed E-state index contributed by atoms with van der Waals surface area (Å²) in [4.78, 5) is 26.3. The molecule has 0 atom stereocenters. The fourth-order valence-electron chi connectivity index (χ4n) is 3.76. The quantitative estimate of drug-likeness (QED) is 0.157. The summed E-state index contributed by atoms with van der Waals surface area (Å²) in [5.74, 6) is 0.447. The Bertz CT molecular complexity index is 1810. The molecule has 0 fully saturated rings. The number of hydrogen-bond acceptors (Lipinski definition) is 10. The van der Waals surface area contributed by atoms with Gasteiger partial charge in [0.15, 0.2) is 0 Å². The van der Waals surface area contributed by atoms with Crippen molar-refractivity contribution in [3.8, 4) is 27.0 Å². The van der Waals surface area contributed by atoms with Crippen molar-refractivity contribution in [2.24, 2.45) is 5.92 Å². The van der Waals surface area contributed by atoms with Gasteiger partial charge in [-0.15, -0.1) is 22.7 Å². The van der Waals surface area contributed by atoms with Crippen LogP contribution in [-0.4, -0.2) is 47.1 Å². The monoisotopic (exact) mass is 728 g/mol. The lowest BCUT2D eigenvalue weighted by Gasteiger charge is -2.20. The number of rotatable bonds is 8. The molecule has 49 heavy (non-hydrogen) atoms. The van der Waals surface area contributed by atoms with Gasteiger partial charge >= 0.3 is 5.97 Å². The van der Waals surface area contributed by atoms with Gasteiger partial charge in [-0.1, -0.05) is 53.0 Å². The van der Waals surface area contributed by atoms with E-state index in [2.05, 4.69) is 14.7 Å². The van der Waals surface area contributed by atoms with Crippen molar-refractivity contribution >= 4 is 49.7 Å². The Morgan fingerprint density at radius 1 is 0.816 bits per heavy atom. The van der Waals surface area contributed by atoms with Crippen LogP contribution in [0.25, 0.3) is 32.2 Å². The number of carbonyl (C=O) groups is 1. The standard InChI is InChI=1S/C15H14N2OS.C12H14N2O2S2.C8H16O2.2CH4/c1-10(2)18-15-14(13-8-5-9-19-13)16-11-6-3-4-7-12(11)17-15;1-9(2)14-18(15,16)12-7-6-11(17-12)10-5-3-4-8-13-10;1-6(2)7(9)10-8(3,4)5;;/h3-10H,1-2H3;3-9,14H,1-2H3;6H,1-5H3;2*1H4. The third kappa shape index (κ3) is 14.0. The van der Waals surface area contributed by atoms with Gasteiger partial charge in [-0.25, -0.2) is 23.1 Å². The number of benzene rings is 1. The molecule has 1 N–H and O–H groups in total. The Morgan fingerprint density at radius 2 is 1.45 bits per heavy atom. The minimum Gasteiger partial charge on any atom is -0.473 e. The van der Waals surface area contributed by atoms with E-state index in [-0.39, 0.29) is 44.5 Å². The third-order valence-corrected chi connectivity index (χ3v) is 9.81. The minimum atomic E-state index is -3.41. The van der Waals surface area contributed by atoms with Crippen LogP contribution in [0.1, 0.15) is 77.2 Å². The predicted octanol–water partition coefficient (Wildman–Crippen LogP) is 9.90. The molecule has 0 aliphatic carbocycles. The van der Waals surface area contributed by atoms with E-state index in [1.54, 1.807) is 43.5 Å². The van der Waals surface area contributed by atoms with Crippen LogP contribution < -0.4 is 9.46 Å². The maximum atomic E-state index is 12.0. The van der Waals surface area contributed by atoms with E-state index in [1.165, 1.54) is 11.3 Å². The van der Waals surface area contributed by atoms with Gasteiger partial charge in [0, 0.05) is 12.2 Å². The first-order valence-corrected chi connectivity index (χ1v) is 18.5. The highest BCUT2D eigenvalue weighted by atomic mass is 32.2. The lowest BCUT2D eigenvalue weighted by Crippen LogP contribution is -2.29. The van der Waals surface area contributed by atoms with Gasteiger partial charge in [0.1, 0.15) is 15.5 Å². The molecular weight excluding hydrogens is 677 g/mol. The number of nitrogens with one attached hydrogen (secondary N) is 1. The summed E-state index contributed by atoms with van der Waals surface area (Å²) in [5, 5.41) is 2.03. The minimum absolute atomic E-state index is 0. The molecule has 0 aliphatic rings. The zero-order chi connectivity index (χ0) is 34.8. The van der Waals surface area contributed by atoms with Crippen LogP contribution in [0.3, 0.4) is 0 Å². The molecule has 9 nitrogen and oxygen atoms in total. The van der Waals surface area contributed by atoms with Crippen molar-refractivity contribution in [2.45, 2.75) is 99.1 Å². The highest BCUT2D eigenvalue weighted by Gasteiger charge is 2.19. The molecule has 0 radical (unpaired) electrons. The van der Waals surface area contributed by atoms with Gasteiger partial charge in [-0.3, -0.25) is 9.78 Å². The third-order valence-electron chi connectivity index (χ3n) is 5.67. The van der Waals surface area contributed by atoms with Gasteiger partial charge < -0.3 is 9.47 Å². The van der Waals surface area contributed by atoms with E-state index < -0.39 is 10.0 Å². The highest BCUT2D eigenvalue weighted by molar-refractivity contribution is 7.91. The maximum absolute atomic E-state index is 12.0. The summed E-state index contributed by atoms with van der Waals surface area (Å²) in [6, 6.07) is 20.7. The summed E-state index contributed by atoms with van der Waals surface area (Å²) in [6.45, 7) is 16.8. The average Bonchev–Trinajstić information content (AvgIpc) is 3.70. The van der Waals surface area contributed by atoms with E-state index >= 15 is 0 Å². The molecule has 268 valence electrons. The Morgan fingerprint density at radius 3 is 1.94 bits per heavy atom. The number of aromatic nitrogens is 3. The SMILES string of the molecule is C.C.CC(C)C(=O)OC(C)(C)C.CC(C)NS(=O)(=O)c1ccc(-c2ccccn2)s1.CC(C)Oc1nc2ccccc2nc1-c1cccs1. The van der Waals surface area contributed by atoms with Crippen molar-refractivity contribution < 1.29 is 22.7 Å². The summed E-state index contributed by atoms with van der Waals surface area (Å²) in [7, 11) is -3.41. The molecule has 0 unspecified atom stereocenters. The van der Waals surface area contributed by atoms with Crippen molar-refractivity contribution in [3.05, 3.63) is 78.3 Å². The number of ether oxygens (including phenoxy) is 2. The predicted molar refractivity (Wildman–Crippen MR) is 206 cm³/mol. The fraction of sp³-hybridized carbons (Fsp3) is 0.405. The normalized spacial score (nSPS) is 11.1. The topological polar surface area (TPSA) is 120 Å². The first-order chi connectivity index (χ1) is 22.1. The van der Waals surface area contributed by atoms with Crippen LogP contribution in [0.2, 0.25) is 0 Å². The second-order valence-electron chi connectivity index (χ2n) is 12.3. The molecule has 0 saturated heterocycles. The first kappa shape index (κ1) is 43.3. The van der Waals surface area contributed by atoms with Crippen LogP contribution >= 0.6 is 22.7 Å². The van der Waals surface area contributed by atoms with Gasteiger partial charge in [-0.05, 0) is 96.3 Å². The molecule has 12 heteroatoms. The molecule has 0 amide bonds. The van der Waals surface area contributed by atoms with E-state index in [0.717, 1.165) is 32.2 Å². The molecule has 0 aliphatic heterocycles. The van der Waals surface area contributed by atoms with Crippen LogP contribution in [0.4, 0.5) is 0 Å². The smallest absolute Gasteiger partial charge is 0.308 e. The Kier molecular flexibility index (Phi) is 17.2. The van der Waals surface area contributed by atoms with Gasteiger partial charge in [0.2, 0.25) is 15.9 Å². The lowest BCUT2D eigenvalue weighted by atomic mass is 10.1. The number of fused-ring (bicyclic) bond motifs is 1. The lowest BCUT2D eigenvalue weighted by molar-refractivity contribution is -0.158. The molecule has 0 spiro atoms. The van der Waals surface area contributed by atoms with Gasteiger partial charge in [-0.2, -0.15) is 0 Å². The molecule has 0 bridgehead atoms. The molecular formula is C37H52N4O5S3. The molecule has 0 saturated carbocycles. The summed E-state index contributed by atoms with van der Waals surface area (Å²) in [5.41, 5.74) is 3.01. The first-order valence-electron chi connectivity index (χ1n) is 15.3. The molecule has 5 aromatic rings. The van der Waals surface area contributed by atoms with E-state index in [1.807, 2.05) is 108 Å². The number of nitrogens with zero attached hydrogens (tertiary/aromatic N) is 3. The zero-order valence-corrected chi connectivity index (χ0v) is 30.8.